The molecule has 0 bridgehead atoms. The van der Waals surface area contributed by atoms with Crippen molar-refractivity contribution in [2.24, 2.45) is 0 Å². The number of benzene rings is 1. The SMILES string of the molecule is CC1(C)C[C@@H](O)[C@@H](O)CN1CCc1ccc(OC(F)(F)F)cc1. The number of nitrogens with zero attached hydrogens (tertiary/aromatic N) is 1. The highest BCUT2D eigenvalue weighted by atomic mass is 19.4. The van der Waals surface area contributed by atoms with Crippen LogP contribution in [-0.4, -0.2) is 52.3 Å². The summed E-state index contributed by atoms with van der Waals surface area (Å²) in [7, 11) is 0. The van der Waals surface area contributed by atoms with Crippen LogP contribution in [0.15, 0.2) is 24.3 Å². The van der Waals surface area contributed by atoms with E-state index in [9.17, 15) is 23.4 Å². The fraction of sp³-hybridized carbons (Fsp3) is 0.625. The quantitative estimate of drug-likeness (QED) is 0.888. The number of β-amino-alcohol motifs (C(OH)–C–C–N with tert-alkyl or cyclic N) is 1. The van der Waals surface area contributed by atoms with Crippen molar-refractivity contribution in [3.8, 4) is 5.75 Å². The van der Waals surface area contributed by atoms with Gasteiger partial charge < -0.3 is 14.9 Å². The van der Waals surface area contributed by atoms with Gasteiger partial charge in [0.15, 0.2) is 0 Å². The number of halogens is 3. The Morgan fingerprint density at radius 2 is 1.78 bits per heavy atom. The minimum Gasteiger partial charge on any atom is -0.406 e. The van der Waals surface area contributed by atoms with Gasteiger partial charge in [0.05, 0.1) is 12.2 Å². The predicted octanol–water partition coefficient (Wildman–Crippen LogP) is 2.33. The molecule has 1 aliphatic heterocycles. The number of hydrogen-bond donors (Lipinski definition) is 2. The Morgan fingerprint density at radius 3 is 2.35 bits per heavy atom. The molecular formula is C16H22F3NO3. The third-order valence-corrected chi connectivity index (χ3v) is 4.24. The molecule has 1 aliphatic rings. The van der Waals surface area contributed by atoms with Crippen LogP contribution in [0.4, 0.5) is 13.2 Å². The van der Waals surface area contributed by atoms with Gasteiger partial charge in [-0.25, -0.2) is 0 Å². The maximum atomic E-state index is 12.1. The summed E-state index contributed by atoms with van der Waals surface area (Å²) in [5.74, 6) is -0.238. The first kappa shape index (κ1) is 18.0. The molecule has 0 radical (unpaired) electrons. The maximum Gasteiger partial charge on any atom is 0.573 e. The average Bonchev–Trinajstić information content (AvgIpc) is 2.41. The van der Waals surface area contributed by atoms with Crippen LogP contribution in [0.3, 0.4) is 0 Å². The number of rotatable bonds is 4. The summed E-state index contributed by atoms with van der Waals surface area (Å²) in [6.07, 6.45) is -5.06. The Morgan fingerprint density at radius 1 is 1.17 bits per heavy atom. The Hall–Kier alpha value is -1.31. The van der Waals surface area contributed by atoms with Crippen LogP contribution in [0.25, 0.3) is 0 Å². The van der Waals surface area contributed by atoms with Crippen LogP contribution in [0.5, 0.6) is 5.75 Å². The molecule has 2 atom stereocenters. The summed E-state index contributed by atoms with van der Waals surface area (Å²) in [5, 5.41) is 19.6. The van der Waals surface area contributed by atoms with Gasteiger partial charge in [-0.15, -0.1) is 13.2 Å². The zero-order valence-electron chi connectivity index (χ0n) is 13.2. The Kier molecular flexibility index (Phi) is 5.23. The van der Waals surface area contributed by atoms with Gasteiger partial charge in [-0.3, -0.25) is 4.90 Å². The Bertz CT molecular complexity index is 516. The van der Waals surface area contributed by atoms with E-state index < -0.39 is 18.6 Å². The first-order valence-electron chi connectivity index (χ1n) is 7.53. The van der Waals surface area contributed by atoms with Crippen molar-refractivity contribution < 1.29 is 28.1 Å². The topological polar surface area (TPSA) is 52.9 Å². The second-order valence-corrected chi connectivity index (χ2v) is 6.54. The number of hydrogen-bond acceptors (Lipinski definition) is 4. The van der Waals surface area contributed by atoms with Gasteiger partial charge in [0.2, 0.25) is 0 Å². The molecule has 1 fully saturated rings. The standard InChI is InChI=1S/C16H22F3NO3/c1-15(2)9-13(21)14(22)10-20(15)8-7-11-3-5-12(6-4-11)23-16(17,18)19/h3-6,13-14,21-22H,7-10H2,1-2H3/t13-,14+/m1/s1. The molecule has 1 aromatic carbocycles. The van der Waals surface area contributed by atoms with Gasteiger partial charge >= 0.3 is 6.36 Å². The maximum absolute atomic E-state index is 12.1. The van der Waals surface area contributed by atoms with Crippen LogP contribution in [0, 0.1) is 0 Å². The molecule has 4 nitrogen and oxygen atoms in total. The zero-order valence-corrected chi connectivity index (χ0v) is 13.2. The molecule has 0 aliphatic carbocycles. The van der Waals surface area contributed by atoms with Crippen molar-refractivity contribution in [3.63, 3.8) is 0 Å². The Labute approximate surface area is 133 Å². The lowest BCUT2D eigenvalue weighted by Gasteiger charge is -2.46. The lowest BCUT2D eigenvalue weighted by Crippen LogP contribution is -2.58. The van der Waals surface area contributed by atoms with Gasteiger partial charge in [-0.1, -0.05) is 12.1 Å². The Balaban J connectivity index is 1.93. The first-order chi connectivity index (χ1) is 10.6. The van der Waals surface area contributed by atoms with Crippen LogP contribution >= 0.6 is 0 Å². The monoisotopic (exact) mass is 333 g/mol. The van der Waals surface area contributed by atoms with E-state index in [0.29, 0.717) is 25.9 Å². The third kappa shape index (κ3) is 5.09. The normalized spacial score (nSPS) is 25.3. The molecule has 0 saturated carbocycles. The fourth-order valence-corrected chi connectivity index (χ4v) is 2.89. The van der Waals surface area contributed by atoms with Gasteiger partial charge in [0, 0.05) is 18.6 Å². The molecule has 23 heavy (non-hydrogen) atoms. The van der Waals surface area contributed by atoms with Crippen molar-refractivity contribution in [1.82, 2.24) is 4.90 Å². The molecule has 1 heterocycles. The van der Waals surface area contributed by atoms with E-state index in [4.69, 9.17) is 0 Å². The smallest absolute Gasteiger partial charge is 0.406 e. The van der Waals surface area contributed by atoms with E-state index >= 15 is 0 Å². The molecule has 1 saturated heterocycles. The molecule has 1 aromatic rings. The summed E-state index contributed by atoms with van der Waals surface area (Å²) < 4.78 is 40.2. The van der Waals surface area contributed by atoms with Crippen LogP contribution in [0.1, 0.15) is 25.8 Å². The van der Waals surface area contributed by atoms with Crippen LogP contribution in [-0.2, 0) is 6.42 Å². The van der Waals surface area contributed by atoms with Gasteiger partial charge in [0.25, 0.3) is 0 Å². The summed E-state index contributed by atoms with van der Waals surface area (Å²) in [6, 6.07) is 5.79. The molecule has 7 heteroatoms. The van der Waals surface area contributed by atoms with Gasteiger partial charge in [-0.2, -0.15) is 0 Å². The van der Waals surface area contributed by atoms with Crippen molar-refractivity contribution >= 4 is 0 Å². The minimum absolute atomic E-state index is 0.238. The summed E-state index contributed by atoms with van der Waals surface area (Å²) in [6.45, 7) is 5.03. The number of alkyl halides is 3. The molecule has 2 N–H and O–H groups in total. The third-order valence-electron chi connectivity index (χ3n) is 4.24. The number of likely N-dealkylation sites (tertiary alicyclic amines) is 1. The second kappa shape index (κ2) is 6.67. The summed E-state index contributed by atoms with van der Waals surface area (Å²) in [5.41, 5.74) is 0.647. The second-order valence-electron chi connectivity index (χ2n) is 6.54. The fourth-order valence-electron chi connectivity index (χ4n) is 2.89. The molecule has 0 spiro atoms. The van der Waals surface area contributed by atoms with E-state index in [2.05, 4.69) is 9.64 Å². The molecule has 0 aromatic heterocycles. The number of aliphatic hydroxyl groups excluding tert-OH is 2. The highest BCUT2D eigenvalue weighted by molar-refractivity contribution is 5.27. The molecule has 2 rings (SSSR count). The van der Waals surface area contributed by atoms with E-state index in [1.165, 1.54) is 12.1 Å². The van der Waals surface area contributed by atoms with E-state index in [-0.39, 0.29) is 11.3 Å². The molecule has 0 unspecified atom stereocenters. The number of ether oxygens (including phenoxy) is 1. The lowest BCUT2D eigenvalue weighted by molar-refractivity contribution is -0.274. The highest BCUT2D eigenvalue weighted by Gasteiger charge is 2.38. The van der Waals surface area contributed by atoms with Crippen LogP contribution < -0.4 is 4.74 Å². The predicted molar refractivity (Wildman–Crippen MR) is 79.1 cm³/mol. The zero-order chi connectivity index (χ0) is 17.3. The minimum atomic E-state index is -4.68. The molecule has 130 valence electrons. The molecule has 0 amide bonds. The van der Waals surface area contributed by atoms with Crippen LogP contribution in [0.2, 0.25) is 0 Å². The van der Waals surface area contributed by atoms with E-state index in [0.717, 1.165) is 5.56 Å². The molecular weight excluding hydrogens is 311 g/mol. The van der Waals surface area contributed by atoms with Crippen molar-refractivity contribution in [2.45, 2.75) is 50.8 Å². The van der Waals surface area contributed by atoms with Crippen molar-refractivity contribution in [3.05, 3.63) is 29.8 Å². The average molecular weight is 333 g/mol. The van der Waals surface area contributed by atoms with Crippen molar-refractivity contribution in [1.29, 1.82) is 0 Å². The van der Waals surface area contributed by atoms with E-state index in [1.807, 2.05) is 13.8 Å². The summed E-state index contributed by atoms with van der Waals surface area (Å²) >= 11 is 0. The van der Waals surface area contributed by atoms with E-state index in [1.54, 1.807) is 12.1 Å². The van der Waals surface area contributed by atoms with Crippen molar-refractivity contribution in [2.75, 3.05) is 13.1 Å². The highest BCUT2D eigenvalue weighted by Crippen LogP contribution is 2.28. The lowest BCUT2D eigenvalue weighted by atomic mass is 9.87. The number of piperidine rings is 1. The number of aliphatic hydroxyl groups is 2. The van der Waals surface area contributed by atoms with Gasteiger partial charge in [0.1, 0.15) is 5.75 Å². The summed E-state index contributed by atoms with van der Waals surface area (Å²) in [4.78, 5) is 2.09. The van der Waals surface area contributed by atoms with Gasteiger partial charge in [-0.05, 0) is 44.4 Å². The largest absolute Gasteiger partial charge is 0.573 e. The first-order valence-corrected chi connectivity index (χ1v) is 7.53.